The Morgan fingerprint density at radius 2 is 2.25 bits per heavy atom. The maximum atomic E-state index is 5.01. The fraction of sp³-hybridized carbons (Fsp3) is 1.00. The lowest BCUT2D eigenvalue weighted by Crippen LogP contribution is -2.15. The molecule has 0 heterocycles. The Bertz CT molecular complexity index is 45.7. The third-order valence-electron chi connectivity index (χ3n) is 1.14. The van der Waals surface area contributed by atoms with Gasteiger partial charge in [-0.1, -0.05) is 6.92 Å². The summed E-state index contributed by atoms with van der Waals surface area (Å²) < 4.78 is 9.88. The Kier molecular flexibility index (Phi) is 5.12. The van der Waals surface area contributed by atoms with Crippen molar-refractivity contribution in [3.05, 3.63) is 0 Å². The number of hydrogen-bond acceptors (Lipinski definition) is 2. The van der Waals surface area contributed by atoms with E-state index in [1.165, 1.54) is 0 Å². The average molecular weight is 116 g/mol. The summed E-state index contributed by atoms with van der Waals surface area (Å²) in [5.74, 6) is 0. The van der Waals surface area contributed by atoms with Gasteiger partial charge in [0.1, 0.15) is 0 Å². The van der Waals surface area contributed by atoms with Crippen molar-refractivity contribution in [2.75, 3.05) is 13.7 Å². The molecule has 8 heavy (non-hydrogen) atoms. The van der Waals surface area contributed by atoms with Crippen LogP contribution in [0.5, 0.6) is 0 Å². The lowest BCUT2D eigenvalue weighted by molar-refractivity contribution is 0.0587. The van der Waals surface area contributed by atoms with E-state index in [2.05, 4.69) is 6.92 Å². The van der Waals surface area contributed by atoms with Gasteiger partial charge in [0.15, 0.2) is 0 Å². The molecule has 0 N–H and O–H groups in total. The zero-order valence-electron chi connectivity index (χ0n) is 5.81. The van der Waals surface area contributed by atoms with Crippen molar-refractivity contribution in [3.8, 4) is 0 Å². The third-order valence-corrected chi connectivity index (χ3v) is 1.14. The van der Waals surface area contributed by atoms with Crippen molar-refractivity contribution in [1.82, 2.24) is 0 Å². The minimum Gasteiger partial charge on any atom is -0.441 e. The number of hydrogen-bond donors (Lipinski definition) is 0. The van der Waals surface area contributed by atoms with Crippen molar-refractivity contribution >= 4 is 8.05 Å². The van der Waals surface area contributed by atoms with E-state index in [9.17, 15) is 0 Å². The Morgan fingerprint density at radius 3 is 2.38 bits per heavy atom. The summed E-state index contributed by atoms with van der Waals surface area (Å²) in [6, 6.07) is 0. The quantitative estimate of drug-likeness (QED) is 0.480. The first-order valence-corrected chi connectivity index (χ1v) is 2.86. The lowest BCUT2D eigenvalue weighted by atomic mass is 10.3. The molecule has 48 valence electrons. The van der Waals surface area contributed by atoms with E-state index in [1.54, 1.807) is 15.2 Å². The average Bonchev–Trinajstić information content (AvgIpc) is 1.83. The van der Waals surface area contributed by atoms with Crippen LogP contribution in [-0.4, -0.2) is 27.9 Å². The highest BCUT2D eigenvalue weighted by atomic mass is 16.5. The fourth-order valence-corrected chi connectivity index (χ4v) is 0.538. The molecule has 0 bridgehead atoms. The minimum absolute atomic E-state index is 0.278. The van der Waals surface area contributed by atoms with Gasteiger partial charge in [-0.2, -0.15) is 0 Å². The summed E-state index contributed by atoms with van der Waals surface area (Å²) >= 11 is 0. The first-order valence-electron chi connectivity index (χ1n) is 2.86. The Morgan fingerprint density at radius 1 is 1.62 bits per heavy atom. The van der Waals surface area contributed by atoms with E-state index in [0.717, 1.165) is 6.42 Å². The molecule has 0 aromatic rings. The van der Waals surface area contributed by atoms with Gasteiger partial charge >= 0.3 is 0 Å². The molecule has 0 aromatic heterocycles. The smallest absolute Gasteiger partial charge is 0.257 e. The summed E-state index contributed by atoms with van der Waals surface area (Å²) in [7, 11) is 3.38. The van der Waals surface area contributed by atoms with Crippen molar-refractivity contribution in [2.45, 2.75) is 19.4 Å². The molecule has 0 fully saturated rings. The predicted molar refractivity (Wildman–Crippen MR) is 35.6 cm³/mol. The molecule has 3 heteroatoms. The van der Waals surface area contributed by atoms with Crippen LogP contribution in [0.2, 0.25) is 0 Å². The predicted octanol–water partition coefficient (Wildman–Crippen LogP) is -0.0239. The van der Waals surface area contributed by atoms with Gasteiger partial charge in [0, 0.05) is 7.11 Å². The van der Waals surface area contributed by atoms with Crippen LogP contribution in [0, 0.1) is 0 Å². The molecule has 0 aliphatic heterocycles. The molecular weight excluding hydrogens is 103 g/mol. The van der Waals surface area contributed by atoms with E-state index >= 15 is 0 Å². The van der Waals surface area contributed by atoms with Gasteiger partial charge in [0.2, 0.25) is 0 Å². The molecule has 0 amide bonds. The van der Waals surface area contributed by atoms with Crippen molar-refractivity contribution < 1.29 is 9.39 Å². The second kappa shape index (κ2) is 5.13. The summed E-state index contributed by atoms with van der Waals surface area (Å²) in [4.78, 5) is 0. The fourth-order valence-electron chi connectivity index (χ4n) is 0.538. The van der Waals surface area contributed by atoms with Crippen LogP contribution in [0.15, 0.2) is 0 Å². The van der Waals surface area contributed by atoms with E-state index in [4.69, 9.17) is 9.39 Å². The molecule has 0 radical (unpaired) electrons. The third kappa shape index (κ3) is 3.05. The Hall–Kier alpha value is -0.0151. The normalized spacial score (nSPS) is 13.8. The van der Waals surface area contributed by atoms with Crippen molar-refractivity contribution in [3.63, 3.8) is 0 Å². The molecule has 0 aromatic carbocycles. The monoisotopic (exact) mass is 116 g/mol. The zero-order chi connectivity index (χ0) is 6.41. The summed E-state index contributed by atoms with van der Waals surface area (Å²) in [5.41, 5.74) is 0. The summed E-state index contributed by atoms with van der Waals surface area (Å²) in [6.45, 7) is 2.78. The highest BCUT2D eigenvalue weighted by Gasteiger charge is 1.99. The van der Waals surface area contributed by atoms with Gasteiger partial charge in [-0.3, -0.25) is 0 Å². The van der Waals surface area contributed by atoms with Crippen molar-refractivity contribution in [1.29, 1.82) is 0 Å². The number of rotatable bonds is 4. The van der Waals surface area contributed by atoms with E-state index in [1.807, 2.05) is 0 Å². The van der Waals surface area contributed by atoms with Crippen LogP contribution in [0.25, 0.3) is 0 Å². The van der Waals surface area contributed by atoms with Crippen LogP contribution in [0.4, 0.5) is 0 Å². The molecule has 0 aliphatic rings. The second-order valence-corrected chi connectivity index (χ2v) is 1.72. The Labute approximate surface area is 51.6 Å². The van der Waals surface area contributed by atoms with Gasteiger partial charge in [-0.05, 0) is 6.42 Å². The van der Waals surface area contributed by atoms with Gasteiger partial charge in [-0.25, -0.2) is 0 Å². The van der Waals surface area contributed by atoms with Gasteiger partial charge < -0.3 is 9.39 Å². The van der Waals surface area contributed by atoms with E-state index in [0.29, 0.717) is 6.61 Å². The first kappa shape index (κ1) is 7.98. The van der Waals surface area contributed by atoms with Gasteiger partial charge in [0.05, 0.1) is 12.7 Å². The highest BCUT2D eigenvalue weighted by molar-refractivity contribution is 5.97. The minimum atomic E-state index is 0.278. The van der Waals surface area contributed by atoms with Crippen LogP contribution in [-0.2, 0) is 9.39 Å². The maximum Gasteiger partial charge on any atom is 0.257 e. The van der Waals surface area contributed by atoms with Crippen molar-refractivity contribution in [2.24, 2.45) is 0 Å². The lowest BCUT2D eigenvalue weighted by Gasteiger charge is -2.10. The zero-order valence-corrected chi connectivity index (χ0v) is 5.81. The molecule has 0 aliphatic carbocycles. The SMILES string of the molecule is BOCC(CC)OC. The largest absolute Gasteiger partial charge is 0.441 e. The maximum absolute atomic E-state index is 5.01. The molecule has 0 rings (SSSR count). The molecule has 1 atom stereocenters. The molecule has 0 saturated heterocycles. The standard InChI is InChI=1S/C5H13BO2/c1-3-5(7-2)4-8-6/h5H,3-4,6H2,1-2H3. The summed E-state index contributed by atoms with van der Waals surface area (Å²) in [6.07, 6.45) is 1.30. The first-order chi connectivity index (χ1) is 3.85. The van der Waals surface area contributed by atoms with Gasteiger partial charge in [-0.15, -0.1) is 0 Å². The molecular formula is C5H13BO2. The van der Waals surface area contributed by atoms with Crippen LogP contribution in [0.3, 0.4) is 0 Å². The van der Waals surface area contributed by atoms with Gasteiger partial charge in [0.25, 0.3) is 8.05 Å². The van der Waals surface area contributed by atoms with Crippen LogP contribution in [0.1, 0.15) is 13.3 Å². The second-order valence-electron chi connectivity index (χ2n) is 1.72. The summed E-state index contributed by atoms with van der Waals surface area (Å²) in [5, 5.41) is 0. The molecule has 0 saturated carbocycles. The highest BCUT2D eigenvalue weighted by Crippen LogP contribution is 1.93. The topological polar surface area (TPSA) is 18.5 Å². The molecule has 0 spiro atoms. The van der Waals surface area contributed by atoms with E-state index < -0.39 is 0 Å². The van der Waals surface area contributed by atoms with E-state index in [-0.39, 0.29) is 6.10 Å². The number of methoxy groups -OCH3 is 1. The number of ether oxygens (including phenoxy) is 1. The molecule has 2 nitrogen and oxygen atoms in total. The molecule has 1 unspecified atom stereocenters. The Balaban J connectivity index is 3.07. The van der Waals surface area contributed by atoms with Crippen LogP contribution < -0.4 is 0 Å². The van der Waals surface area contributed by atoms with Crippen LogP contribution >= 0.6 is 0 Å².